The molecule has 1 aliphatic rings. The topological polar surface area (TPSA) is 0 Å². The monoisotopic (exact) mass is 268 g/mol. The minimum Gasteiger partial charge on any atom is -0.216 e. The third-order valence-corrected chi connectivity index (χ3v) is 5.33. The van der Waals surface area contributed by atoms with Crippen LogP contribution in [0.1, 0.15) is 6.92 Å². The standard InChI is InChI=1S/C13H11F2PS/c1-3-6-10(14)13-9(2)17-12-8-5-4-7-11(12)16(13)15/h3-8H,2H2,1H3/b6-3-,13-10-. The van der Waals surface area contributed by atoms with Gasteiger partial charge in [0.05, 0.1) is 5.31 Å². The van der Waals surface area contributed by atoms with Crippen molar-refractivity contribution in [3.63, 3.8) is 0 Å². The summed E-state index contributed by atoms with van der Waals surface area (Å²) >= 11 is 1.33. The fourth-order valence-corrected chi connectivity index (χ4v) is 4.31. The van der Waals surface area contributed by atoms with Crippen LogP contribution in [0.5, 0.6) is 0 Å². The third kappa shape index (κ3) is 2.36. The molecule has 2 rings (SSSR count). The van der Waals surface area contributed by atoms with E-state index in [4.69, 9.17) is 0 Å². The van der Waals surface area contributed by atoms with E-state index in [1.54, 1.807) is 25.1 Å². The Balaban J connectivity index is 2.54. The number of hydrogen-bond acceptors (Lipinski definition) is 1. The number of rotatable bonds is 1. The summed E-state index contributed by atoms with van der Waals surface area (Å²) < 4.78 is 28.1. The van der Waals surface area contributed by atoms with Gasteiger partial charge in [-0.05, 0) is 19.1 Å². The Morgan fingerprint density at radius 2 is 2.12 bits per heavy atom. The highest BCUT2D eigenvalue weighted by Crippen LogP contribution is 2.59. The van der Waals surface area contributed by atoms with E-state index in [0.29, 0.717) is 10.2 Å². The minimum atomic E-state index is -2.13. The molecule has 17 heavy (non-hydrogen) atoms. The number of allylic oxidation sites excluding steroid dienone is 4. The molecular weight excluding hydrogens is 257 g/mol. The van der Waals surface area contributed by atoms with E-state index in [1.807, 2.05) is 12.1 Å². The lowest BCUT2D eigenvalue weighted by atomic mass is 10.4. The van der Waals surface area contributed by atoms with Crippen LogP contribution in [-0.4, -0.2) is 0 Å². The molecule has 0 bridgehead atoms. The molecular formula is C13H11F2PS. The zero-order valence-corrected chi connectivity index (χ0v) is 11.0. The van der Waals surface area contributed by atoms with Gasteiger partial charge in [-0.2, -0.15) is 0 Å². The van der Waals surface area contributed by atoms with E-state index in [-0.39, 0.29) is 5.31 Å². The van der Waals surface area contributed by atoms with Crippen LogP contribution in [0.3, 0.4) is 0 Å². The normalized spacial score (nSPS) is 22.8. The first-order chi connectivity index (χ1) is 8.15. The van der Waals surface area contributed by atoms with Gasteiger partial charge in [0.1, 0.15) is 14.1 Å². The molecule has 0 aliphatic carbocycles. The van der Waals surface area contributed by atoms with E-state index in [0.717, 1.165) is 4.90 Å². The maximum Gasteiger partial charge on any atom is 0.149 e. The van der Waals surface area contributed by atoms with Gasteiger partial charge in [0.25, 0.3) is 0 Å². The Morgan fingerprint density at radius 1 is 1.41 bits per heavy atom. The first-order valence-electron chi connectivity index (χ1n) is 5.09. The van der Waals surface area contributed by atoms with Crippen molar-refractivity contribution in [2.24, 2.45) is 0 Å². The van der Waals surface area contributed by atoms with Crippen LogP contribution in [0.4, 0.5) is 8.59 Å². The van der Waals surface area contributed by atoms with Gasteiger partial charge in [-0.15, -0.1) is 0 Å². The van der Waals surface area contributed by atoms with Gasteiger partial charge >= 0.3 is 0 Å². The molecule has 0 amide bonds. The van der Waals surface area contributed by atoms with Crippen molar-refractivity contribution in [3.8, 4) is 0 Å². The van der Waals surface area contributed by atoms with E-state index in [2.05, 4.69) is 6.58 Å². The summed E-state index contributed by atoms with van der Waals surface area (Å²) in [6.45, 7) is 5.46. The zero-order valence-electron chi connectivity index (χ0n) is 9.28. The van der Waals surface area contributed by atoms with Crippen LogP contribution in [-0.2, 0) is 0 Å². The maximum absolute atomic E-state index is 14.3. The lowest BCUT2D eigenvalue weighted by Gasteiger charge is -2.23. The molecule has 0 N–H and O–H groups in total. The molecule has 0 radical (unpaired) electrons. The molecule has 1 heterocycles. The molecule has 0 fully saturated rings. The summed E-state index contributed by atoms with van der Waals surface area (Å²) in [6, 6.07) is 7.17. The van der Waals surface area contributed by atoms with Crippen molar-refractivity contribution < 1.29 is 8.59 Å². The van der Waals surface area contributed by atoms with Crippen LogP contribution in [0.15, 0.2) is 63.9 Å². The molecule has 88 valence electrons. The highest BCUT2D eigenvalue weighted by Gasteiger charge is 2.30. The molecule has 1 aromatic carbocycles. The van der Waals surface area contributed by atoms with Crippen LogP contribution in [0, 0.1) is 0 Å². The van der Waals surface area contributed by atoms with Gasteiger partial charge < -0.3 is 0 Å². The summed E-state index contributed by atoms with van der Waals surface area (Å²) in [4.78, 5) is 1.30. The predicted molar refractivity (Wildman–Crippen MR) is 72.0 cm³/mol. The third-order valence-electron chi connectivity index (χ3n) is 2.31. The van der Waals surface area contributed by atoms with Crippen molar-refractivity contribution in [1.82, 2.24) is 0 Å². The fourth-order valence-electron chi connectivity index (χ4n) is 1.57. The molecule has 4 heteroatoms. The number of hydrogen-bond donors (Lipinski definition) is 0. The average molecular weight is 268 g/mol. The number of fused-ring (bicyclic) bond motifs is 1. The Kier molecular flexibility index (Phi) is 3.80. The Bertz CT molecular complexity index is 520. The molecule has 0 saturated heterocycles. The summed E-state index contributed by atoms with van der Waals surface area (Å²) in [6.07, 6.45) is 2.84. The minimum absolute atomic E-state index is 0.113. The second-order valence-corrected chi connectivity index (χ2v) is 6.10. The molecule has 0 saturated carbocycles. The van der Waals surface area contributed by atoms with Crippen molar-refractivity contribution in [2.75, 3.05) is 0 Å². The lowest BCUT2D eigenvalue weighted by Crippen LogP contribution is -2.09. The van der Waals surface area contributed by atoms with Crippen molar-refractivity contribution in [1.29, 1.82) is 0 Å². The zero-order chi connectivity index (χ0) is 12.4. The number of halogens is 2. The van der Waals surface area contributed by atoms with Gasteiger partial charge in [0, 0.05) is 15.1 Å². The molecule has 1 atom stereocenters. The maximum atomic E-state index is 14.3. The van der Waals surface area contributed by atoms with Gasteiger partial charge in [0.2, 0.25) is 0 Å². The van der Waals surface area contributed by atoms with Crippen LogP contribution in [0.2, 0.25) is 0 Å². The van der Waals surface area contributed by atoms with Crippen molar-refractivity contribution in [3.05, 3.63) is 59.0 Å². The molecule has 0 spiro atoms. The van der Waals surface area contributed by atoms with Crippen molar-refractivity contribution >= 4 is 25.3 Å². The van der Waals surface area contributed by atoms with E-state index in [9.17, 15) is 8.59 Å². The fraction of sp³-hybridized carbons (Fsp3) is 0.0769. The Labute approximate surface area is 105 Å². The van der Waals surface area contributed by atoms with Crippen LogP contribution < -0.4 is 5.30 Å². The first kappa shape index (κ1) is 12.5. The average Bonchev–Trinajstić information content (AvgIpc) is 2.29. The smallest absolute Gasteiger partial charge is 0.149 e. The van der Waals surface area contributed by atoms with E-state index in [1.165, 1.54) is 17.8 Å². The number of thioether (sulfide) groups is 1. The molecule has 1 aliphatic heterocycles. The van der Waals surface area contributed by atoms with Crippen LogP contribution in [0.25, 0.3) is 0 Å². The van der Waals surface area contributed by atoms with Gasteiger partial charge in [-0.3, -0.25) is 0 Å². The highest BCUT2D eigenvalue weighted by atomic mass is 32.2. The summed E-state index contributed by atoms with van der Waals surface area (Å²) in [5.74, 6) is -0.520. The largest absolute Gasteiger partial charge is 0.216 e. The summed E-state index contributed by atoms with van der Waals surface area (Å²) in [7, 11) is -2.13. The lowest BCUT2D eigenvalue weighted by molar-refractivity contribution is 0.662. The van der Waals surface area contributed by atoms with Gasteiger partial charge in [-0.25, -0.2) is 8.59 Å². The highest BCUT2D eigenvalue weighted by molar-refractivity contribution is 8.05. The molecule has 1 aromatic rings. The SMILES string of the molecule is C=C1Sc2ccccc2P(F)/C1=C(F)/C=C\C. The summed E-state index contributed by atoms with van der Waals surface area (Å²) in [5, 5.41) is 0.691. The second kappa shape index (κ2) is 5.16. The Hall–Kier alpha value is -0.920. The van der Waals surface area contributed by atoms with Crippen molar-refractivity contribution in [2.45, 2.75) is 11.8 Å². The Morgan fingerprint density at radius 3 is 2.82 bits per heavy atom. The first-order valence-corrected chi connectivity index (χ1v) is 7.14. The van der Waals surface area contributed by atoms with E-state index < -0.39 is 14.1 Å². The molecule has 0 nitrogen and oxygen atoms in total. The second-order valence-electron chi connectivity index (χ2n) is 3.47. The molecule has 0 aromatic heterocycles. The van der Waals surface area contributed by atoms with Gasteiger partial charge in [-0.1, -0.05) is 42.6 Å². The van der Waals surface area contributed by atoms with Gasteiger partial charge in [0.15, 0.2) is 0 Å². The van der Waals surface area contributed by atoms with E-state index >= 15 is 0 Å². The van der Waals surface area contributed by atoms with Crippen LogP contribution >= 0.6 is 20.0 Å². The quantitative estimate of drug-likeness (QED) is 0.642. The molecule has 1 unspecified atom stereocenters. The number of benzene rings is 1. The predicted octanol–water partition coefficient (Wildman–Crippen LogP) is 5.05. The summed E-state index contributed by atoms with van der Waals surface area (Å²) in [5.41, 5.74) is 0.